The number of thiol groups is 1. The van der Waals surface area contributed by atoms with Crippen molar-refractivity contribution < 1.29 is 19.4 Å². The molecule has 0 aromatic carbocycles. The highest BCUT2D eigenvalue weighted by Gasteiger charge is 2.18. The van der Waals surface area contributed by atoms with Gasteiger partial charge in [-0.15, -0.1) is 0 Å². The minimum Gasteiger partial charge on any atom is -0.478 e. The van der Waals surface area contributed by atoms with Gasteiger partial charge in [-0.05, 0) is 0 Å². The fraction of sp³-hybridized carbons (Fsp3) is 0.333. The van der Waals surface area contributed by atoms with E-state index >= 15 is 0 Å². The minimum absolute atomic E-state index is 0.0467. The molecule has 11 heavy (non-hydrogen) atoms. The van der Waals surface area contributed by atoms with Crippen LogP contribution >= 0.6 is 12.6 Å². The highest BCUT2D eigenvalue weighted by atomic mass is 32.1. The SMILES string of the molecule is C=CC(=O)OC(CS)C(=O)O. The molecule has 0 aliphatic rings. The van der Waals surface area contributed by atoms with Gasteiger partial charge in [0.05, 0.1) is 0 Å². The van der Waals surface area contributed by atoms with E-state index in [1.165, 1.54) is 0 Å². The third-order valence-electron chi connectivity index (χ3n) is 0.866. The van der Waals surface area contributed by atoms with Gasteiger partial charge in [0, 0.05) is 11.8 Å². The van der Waals surface area contributed by atoms with Crippen LogP contribution in [0.5, 0.6) is 0 Å². The number of carboxylic acids is 1. The number of carbonyl (C=O) groups excluding carboxylic acids is 1. The molecule has 0 fully saturated rings. The maximum Gasteiger partial charge on any atom is 0.345 e. The standard InChI is InChI=1S/C6H8O4S/c1-2-5(7)10-4(3-11)6(8)9/h2,4,11H,1,3H2,(H,8,9). The number of carbonyl (C=O) groups is 2. The lowest BCUT2D eigenvalue weighted by atomic mass is 10.4. The maximum absolute atomic E-state index is 10.4. The number of hydrogen-bond acceptors (Lipinski definition) is 4. The normalized spacial score (nSPS) is 11.7. The molecule has 1 atom stereocenters. The van der Waals surface area contributed by atoms with Gasteiger partial charge in [0.25, 0.3) is 0 Å². The summed E-state index contributed by atoms with van der Waals surface area (Å²) in [6.45, 7) is 3.11. The van der Waals surface area contributed by atoms with Crippen LogP contribution in [0.2, 0.25) is 0 Å². The van der Waals surface area contributed by atoms with Gasteiger partial charge in [0.15, 0.2) is 0 Å². The van der Waals surface area contributed by atoms with E-state index in [2.05, 4.69) is 23.9 Å². The average Bonchev–Trinajstić information content (AvgIpc) is 1.99. The molecular weight excluding hydrogens is 168 g/mol. The first-order chi connectivity index (χ1) is 5.11. The van der Waals surface area contributed by atoms with Gasteiger partial charge in [-0.2, -0.15) is 12.6 Å². The van der Waals surface area contributed by atoms with Crippen molar-refractivity contribution in [3.63, 3.8) is 0 Å². The first-order valence-corrected chi connectivity index (χ1v) is 3.41. The molecule has 1 unspecified atom stereocenters. The zero-order valence-electron chi connectivity index (χ0n) is 5.69. The lowest BCUT2D eigenvalue weighted by molar-refractivity contribution is -0.158. The van der Waals surface area contributed by atoms with Crippen molar-refractivity contribution in [2.24, 2.45) is 0 Å². The molecule has 0 aromatic heterocycles. The zero-order chi connectivity index (χ0) is 8.85. The predicted molar refractivity (Wildman–Crippen MR) is 41.6 cm³/mol. The molecule has 0 saturated heterocycles. The molecule has 0 spiro atoms. The molecule has 0 aromatic rings. The molecule has 5 heteroatoms. The monoisotopic (exact) mass is 176 g/mol. The van der Waals surface area contributed by atoms with Crippen LogP contribution < -0.4 is 0 Å². The summed E-state index contributed by atoms with van der Waals surface area (Å²) in [5.41, 5.74) is 0. The van der Waals surface area contributed by atoms with E-state index in [4.69, 9.17) is 5.11 Å². The average molecular weight is 176 g/mol. The summed E-state index contributed by atoms with van der Waals surface area (Å²) in [5, 5.41) is 8.36. The molecule has 0 bridgehead atoms. The molecule has 0 radical (unpaired) electrons. The quantitative estimate of drug-likeness (QED) is 0.362. The molecule has 0 heterocycles. The van der Waals surface area contributed by atoms with E-state index in [1.54, 1.807) is 0 Å². The van der Waals surface area contributed by atoms with E-state index in [-0.39, 0.29) is 5.75 Å². The second kappa shape index (κ2) is 4.79. The van der Waals surface area contributed by atoms with E-state index < -0.39 is 18.0 Å². The number of rotatable bonds is 4. The topological polar surface area (TPSA) is 63.6 Å². The van der Waals surface area contributed by atoms with E-state index in [1.807, 2.05) is 0 Å². The number of aliphatic carboxylic acids is 1. The molecule has 1 N–H and O–H groups in total. The molecule has 62 valence electrons. The van der Waals surface area contributed by atoms with Crippen LogP contribution in [0.4, 0.5) is 0 Å². The van der Waals surface area contributed by atoms with Crippen molar-refractivity contribution in [2.45, 2.75) is 6.10 Å². The van der Waals surface area contributed by atoms with Gasteiger partial charge in [0.2, 0.25) is 6.10 Å². The minimum atomic E-state index is -1.21. The Morgan fingerprint density at radius 2 is 2.27 bits per heavy atom. The summed E-state index contributed by atoms with van der Waals surface area (Å²) < 4.78 is 4.38. The molecule has 0 saturated carbocycles. The van der Waals surface area contributed by atoms with Gasteiger partial charge in [-0.25, -0.2) is 9.59 Å². The zero-order valence-corrected chi connectivity index (χ0v) is 6.58. The second-order valence-electron chi connectivity index (χ2n) is 1.65. The van der Waals surface area contributed by atoms with Gasteiger partial charge in [-0.3, -0.25) is 0 Å². The Morgan fingerprint density at radius 1 is 1.73 bits per heavy atom. The molecular formula is C6H8O4S. The summed E-state index contributed by atoms with van der Waals surface area (Å²) in [6, 6.07) is 0. The van der Waals surface area contributed by atoms with Gasteiger partial charge >= 0.3 is 11.9 Å². The van der Waals surface area contributed by atoms with Crippen molar-refractivity contribution in [2.75, 3.05) is 5.75 Å². The summed E-state index contributed by atoms with van der Waals surface area (Å²) in [4.78, 5) is 20.7. The van der Waals surface area contributed by atoms with E-state index in [9.17, 15) is 9.59 Å². The van der Waals surface area contributed by atoms with Crippen LogP contribution in [0, 0.1) is 0 Å². The van der Waals surface area contributed by atoms with Crippen LogP contribution in [0.25, 0.3) is 0 Å². The second-order valence-corrected chi connectivity index (χ2v) is 2.02. The fourth-order valence-electron chi connectivity index (χ4n) is 0.354. The number of ether oxygens (including phenoxy) is 1. The predicted octanol–water partition coefficient (Wildman–Crippen LogP) is 0.0986. The molecule has 0 rings (SSSR count). The van der Waals surface area contributed by atoms with Crippen LogP contribution in [-0.4, -0.2) is 28.9 Å². The van der Waals surface area contributed by atoms with Crippen molar-refractivity contribution in [3.8, 4) is 0 Å². The van der Waals surface area contributed by atoms with E-state index in [0.29, 0.717) is 0 Å². The Hall–Kier alpha value is -0.970. The van der Waals surface area contributed by atoms with Crippen LogP contribution in [0.3, 0.4) is 0 Å². The molecule has 4 nitrogen and oxygen atoms in total. The fourth-order valence-corrected chi connectivity index (χ4v) is 0.585. The Kier molecular flexibility index (Phi) is 4.36. The lowest BCUT2D eigenvalue weighted by Crippen LogP contribution is -2.27. The Balaban J connectivity index is 3.97. The van der Waals surface area contributed by atoms with Crippen molar-refractivity contribution in [1.82, 2.24) is 0 Å². The van der Waals surface area contributed by atoms with Crippen molar-refractivity contribution >= 4 is 24.6 Å². The first kappa shape index (κ1) is 10.0. The molecule has 0 aliphatic heterocycles. The summed E-state index contributed by atoms with van der Waals surface area (Å²) >= 11 is 3.68. The Bertz CT molecular complexity index is 177. The highest BCUT2D eigenvalue weighted by Crippen LogP contribution is 1.96. The molecule has 0 aliphatic carbocycles. The van der Waals surface area contributed by atoms with Gasteiger partial charge in [-0.1, -0.05) is 6.58 Å². The highest BCUT2D eigenvalue weighted by molar-refractivity contribution is 7.80. The number of esters is 1. The van der Waals surface area contributed by atoms with Crippen LogP contribution in [-0.2, 0) is 14.3 Å². The largest absolute Gasteiger partial charge is 0.478 e. The van der Waals surface area contributed by atoms with Gasteiger partial charge < -0.3 is 9.84 Å². The van der Waals surface area contributed by atoms with Crippen LogP contribution in [0.15, 0.2) is 12.7 Å². The lowest BCUT2D eigenvalue weighted by Gasteiger charge is -2.08. The smallest absolute Gasteiger partial charge is 0.345 e. The summed E-state index contributed by atoms with van der Waals surface area (Å²) in [7, 11) is 0. The third-order valence-corrected chi connectivity index (χ3v) is 1.20. The number of hydrogen-bond donors (Lipinski definition) is 2. The Labute approximate surface area is 69.3 Å². The van der Waals surface area contributed by atoms with E-state index in [0.717, 1.165) is 6.08 Å². The summed E-state index contributed by atoms with van der Waals surface area (Å²) in [5.74, 6) is -2.02. The van der Waals surface area contributed by atoms with Crippen molar-refractivity contribution in [3.05, 3.63) is 12.7 Å². The third kappa shape index (κ3) is 3.67. The first-order valence-electron chi connectivity index (χ1n) is 2.78. The van der Waals surface area contributed by atoms with Crippen molar-refractivity contribution in [1.29, 1.82) is 0 Å². The van der Waals surface area contributed by atoms with Crippen LogP contribution in [0.1, 0.15) is 0 Å². The van der Waals surface area contributed by atoms with Gasteiger partial charge in [0.1, 0.15) is 0 Å². The number of carboxylic acid groups (broad SMARTS) is 1. The summed E-state index contributed by atoms with van der Waals surface area (Å²) in [6.07, 6.45) is -0.289. The Morgan fingerprint density at radius 3 is 2.55 bits per heavy atom. The maximum atomic E-state index is 10.4. The molecule has 0 amide bonds.